The van der Waals surface area contributed by atoms with Gasteiger partial charge in [-0.15, -0.1) is 10.2 Å². The summed E-state index contributed by atoms with van der Waals surface area (Å²) in [7, 11) is 0. The van der Waals surface area contributed by atoms with Crippen LogP contribution in [0.1, 0.15) is 44.8 Å². The molecule has 2 atom stereocenters. The fourth-order valence-corrected chi connectivity index (χ4v) is 1.90. The van der Waals surface area contributed by atoms with Gasteiger partial charge in [0.15, 0.2) is 5.82 Å². The fraction of sp³-hybridized carbons (Fsp3) is 0.727. The molecule has 2 heterocycles. The molecule has 0 saturated carbocycles. The minimum absolute atomic E-state index is 0.475. The van der Waals surface area contributed by atoms with E-state index in [0.29, 0.717) is 11.8 Å². The highest BCUT2D eigenvalue weighted by Gasteiger charge is 2.21. The molecule has 0 radical (unpaired) electrons. The maximum Gasteiger partial charge on any atom is 0.174 e. The summed E-state index contributed by atoms with van der Waals surface area (Å²) in [6.07, 6.45) is 3.00. The summed E-state index contributed by atoms with van der Waals surface area (Å²) >= 11 is 0. The Kier molecular flexibility index (Phi) is 2.84. The van der Waals surface area contributed by atoms with Crippen LogP contribution in [0.4, 0.5) is 0 Å². The van der Waals surface area contributed by atoms with Crippen LogP contribution in [-0.4, -0.2) is 27.5 Å². The first-order valence-electron chi connectivity index (χ1n) is 5.67. The molecule has 4 nitrogen and oxygen atoms in total. The van der Waals surface area contributed by atoms with Crippen LogP contribution in [0.25, 0.3) is 0 Å². The van der Waals surface area contributed by atoms with Crippen molar-refractivity contribution in [3.05, 3.63) is 11.6 Å². The summed E-state index contributed by atoms with van der Waals surface area (Å²) in [5.74, 6) is 3.15. The van der Waals surface area contributed by atoms with Gasteiger partial charge in [-0.1, -0.05) is 27.2 Å². The topological polar surface area (TPSA) is 43.1 Å². The quantitative estimate of drug-likeness (QED) is 0.757. The lowest BCUT2D eigenvalue weighted by Gasteiger charge is -2.19. The molecule has 0 amide bonds. The summed E-state index contributed by atoms with van der Waals surface area (Å²) in [6.45, 7) is 8.50. The molecule has 4 heteroatoms. The van der Waals surface area contributed by atoms with Gasteiger partial charge >= 0.3 is 0 Å². The standard InChI is InChI=1S/C11H18N4/c1-4-8(2)9(3)11-14-13-10-7-12-5-6-15(10)11/h7-9H,4-6H2,1-3H3. The first-order valence-corrected chi connectivity index (χ1v) is 5.67. The van der Waals surface area contributed by atoms with Crippen LogP contribution < -0.4 is 0 Å². The Morgan fingerprint density at radius 1 is 1.40 bits per heavy atom. The molecule has 0 saturated heterocycles. The van der Waals surface area contributed by atoms with E-state index in [1.54, 1.807) is 0 Å². The highest BCUT2D eigenvalue weighted by atomic mass is 15.3. The predicted octanol–water partition coefficient (Wildman–Crippen LogP) is 1.86. The van der Waals surface area contributed by atoms with Gasteiger partial charge in [-0.25, -0.2) is 0 Å². The molecule has 1 aliphatic heterocycles. The summed E-state index contributed by atoms with van der Waals surface area (Å²) < 4.78 is 2.20. The van der Waals surface area contributed by atoms with Crippen molar-refractivity contribution in [2.45, 2.75) is 39.7 Å². The molecule has 82 valence electrons. The molecule has 1 aromatic heterocycles. The van der Waals surface area contributed by atoms with Crippen molar-refractivity contribution in [1.82, 2.24) is 14.8 Å². The van der Waals surface area contributed by atoms with Gasteiger partial charge in [-0.3, -0.25) is 4.99 Å². The third-order valence-corrected chi connectivity index (χ3v) is 3.37. The summed E-state index contributed by atoms with van der Waals surface area (Å²) in [5, 5.41) is 8.45. The van der Waals surface area contributed by atoms with Crippen LogP contribution in [0.3, 0.4) is 0 Å². The summed E-state index contributed by atoms with van der Waals surface area (Å²) in [6, 6.07) is 0. The minimum Gasteiger partial charge on any atom is -0.308 e. The number of fused-ring (bicyclic) bond motifs is 1. The van der Waals surface area contributed by atoms with Crippen molar-refractivity contribution in [1.29, 1.82) is 0 Å². The van der Waals surface area contributed by atoms with Crippen LogP contribution >= 0.6 is 0 Å². The van der Waals surface area contributed by atoms with Gasteiger partial charge in [0, 0.05) is 12.5 Å². The third kappa shape index (κ3) is 1.80. The number of hydrogen-bond acceptors (Lipinski definition) is 3. The smallest absolute Gasteiger partial charge is 0.174 e. The van der Waals surface area contributed by atoms with E-state index in [1.165, 1.54) is 6.42 Å². The number of aliphatic imine (C=N–C) groups is 1. The van der Waals surface area contributed by atoms with Crippen LogP contribution in [0, 0.1) is 5.92 Å². The lowest BCUT2D eigenvalue weighted by molar-refractivity contribution is 0.437. The molecule has 2 rings (SSSR count). The molecule has 0 bridgehead atoms. The molecule has 0 aliphatic carbocycles. The zero-order chi connectivity index (χ0) is 10.8. The highest BCUT2D eigenvalue weighted by molar-refractivity contribution is 5.75. The minimum atomic E-state index is 0.475. The van der Waals surface area contributed by atoms with Gasteiger partial charge in [-0.05, 0) is 5.92 Å². The van der Waals surface area contributed by atoms with Crippen molar-refractivity contribution in [3.8, 4) is 0 Å². The van der Waals surface area contributed by atoms with E-state index in [9.17, 15) is 0 Å². The second kappa shape index (κ2) is 4.13. The van der Waals surface area contributed by atoms with E-state index >= 15 is 0 Å². The Hall–Kier alpha value is -1.19. The van der Waals surface area contributed by atoms with Crippen LogP contribution in [0.15, 0.2) is 4.99 Å². The Morgan fingerprint density at radius 2 is 2.20 bits per heavy atom. The molecular formula is C11H18N4. The maximum absolute atomic E-state index is 4.29. The van der Waals surface area contributed by atoms with E-state index in [-0.39, 0.29) is 0 Å². The number of aromatic nitrogens is 3. The highest BCUT2D eigenvalue weighted by Crippen LogP contribution is 2.25. The lowest BCUT2D eigenvalue weighted by Crippen LogP contribution is -2.18. The van der Waals surface area contributed by atoms with Crippen LogP contribution in [0.2, 0.25) is 0 Å². The number of hydrogen-bond donors (Lipinski definition) is 0. The van der Waals surface area contributed by atoms with E-state index in [1.807, 2.05) is 6.21 Å². The Morgan fingerprint density at radius 3 is 2.93 bits per heavy atom. The predicted molar refractivity (Wildman–Crippen MR) is 60.4 cm³/mol. The second-order valence-electron chi connectivity index (χ2n) is 4.28. The monoisotopic (exact) mass is 206 g/mol. The van der Waals surface area contributed by atoms with Gasteiger partial charge < -0.3 is 4.57 Å². The molecule has 1 aliphatic rings. The van der Waals surface area contributed by atoms with Gasteiger partial charge in [0.2, 0.25) is 0 Å². The second-order valence-corrected chi connectivity index (χ2v) is 4.28. The third-order valence-electron chi connectivity index (χ3n) is 3.37. The Bertz CT molecular complexity index is 367. The van der Waals surface area contributed by atoms with Crippen LogP contribution in [0.5, 0.6) is 0 Å². The SMILES string of the molecule is CCC(C)C(C)c1nnc2n1CCN=C2. The van der Waals surface area contributed by atoms with Gasteiger partial charge in [0.05, 0.1) is 12.8 Å². The van der Waals surface area contributed by atoms with Gasteiger partial charge in [0.25, 0.3) is 0 Å². The van der Waals surface area contributed by atoms with Gasteiger partial charge in [-0.2, -0.15) is 0 Å². The molecule has 1 aromatic rings. The number of nitrogens with zero attached hydrogens (tertiary/aromatic N) is 4. The molecule has 2 unspecified atom stereocenters. The van der Waals surface area contributed by atoms with E-state index in [4.69, 9.17) is 0 Å². The molecule has 0 aromatic carbocycles. The zero-order valence-corrected chi connectivity index (χ0v) is 9.64. The molecule has 0 N–H and O–H groups in total. The maximum atomic E-state index is 4.29. The van der Waals surface area contributed by atoms with Crippen molar-refractivity contribution in [3.63, 3.8) is 0 Å². The average Bonchev–Trinajstić information content (AvgIpc) is 2.70. The van der Waals surface area contributed by atoms with Crippen molar-refractivity contribution >= 4 is 6.21 Å². The zero-order valence-electron chi connectivity index (χ0n) is 9.64. The van der Waals surface area contributed by atoms with Crippen molar-refractivity contribution in [2.75, 3.05) is 6.54 Å². The van der Waals surface area contributed by atoms with Crippen LogP contribution in [-0.2, 0) is 6.54 Å². The Labute approximate surface area is 90.4 Å². The Balaban J connectivity index is 2.29. The van der Waals surface area contributed by atoms with Crippen molar-refractivity contribution in [2.24, 2.45) is 10.9 Å². The molecular weight excluding hydrogens is 188 g/mol. The van der Waals surface area contributed by atoms with Gasteiger partial charge in [0.1, 0.15) is 5.82 Å². The molecule has 0 fully saturated rings. The van der Waals surface area contributed by atoms with E-state index in [2.05, 4.69) is 40.5 Å². The largest absolute Gasteiger partial charge is 0.308 e. The summed E-state index contributed by atoms with van der Waals surface area (Å²) in [4.78, 5) is 4.21. The summed E-state index contributed by atoms with van der Waals surface area (Å²) in [5.41, 5.74) is 0. The average molecular weight is 206 g/mol. The fourth-order valence-electron chi connectivity index (χ4n) is 1.90. The first-order chi connectivity index (χ1) is 7.24. The molecule has 0 spiro atoms. The molecule has 15 heavy (non-hydrogen) atoms. The lowest BCUT2D eigenvalue weighted by atomic mass is 9.93. The normalized spacial score (nSPS) is 18.6. The first kappa shape index (κ1) is 10.3. The number of rotatable bonds is 3. The van der Waals surface area contributed by atoms with E-state index < -0.39 is 0 Å². The van der Waals surface area contributed by atoms with E-state index in [0.717, 1.165) is 24.7 Å². The van der Waals surface area contributed by atoms with Crippen molar-refractivity contribution < 1.29 is 0 Å².